The molecule has 1 aliphatic rings. The van der Waals surface area contributed by atoms with Crippen LogP contribution in [-0.2, 0) is 28.5 Å². The Morgan fingerprint density at radius 1 is 0.588 bits per heavy atom. The maximum Gasteiger partial charge on any atom is 0.306 e. The van der Waals surface area contributed by atoms with Gasteiger partial charge in [0.1, 0.15) is 31.0 Å². The Hall–Kier alpha value is -1.56. The molecule has 300 valence electrons. The summed E-state index contributed by atoms with van der Waals surface area (Å²) in [6, 6.07) is 0. The lowest BCUT2D eigenvalue weighted by Gasteiger charge is -2.39. The van der Waals surface area contributed by atoms with Gasteiger partial charge in [0.05, 0.1) is 13.2 Å². The number of allylic oxidation sites excluding steroid dienone is 2. The van der Waals surface area contributed by atoms with Crippen molar-refractivity contribution < 1.29 is 49.0 Å². The van der Waals surface area contributed by atoms with Crippen LogP contribution in [0.15, 0.2) is 12.2 Å². The number of aliphatic hydroxyl groups is 4. The molecule has 0 bridgehead atoms. The molecule has 0 aliphatic carbocycles. The maximum atomic E-state index is 12.7. The van der Waals surface area contributed by atoms with E-state index in [4.69, 9.17) is 18.9 Å². The minimum atomic E-state index is -1.59. The highest BCUT2D eigenvalue weighted by molar-refractivity contribution is 5.70. The molecular weight excluding hydrogens is 652 g/mol. The molecule has 1 heterocycles. The molecule has 10 heteroatoms. The third-order valence-corrected chi connectivity index (χ3v) is 9.65. The predicted octanol–water partition coefficient (Wildman–Crippen LogP) is 8.00. The molecular formula is C41H76O10. The summed E-state index contributed by atoms with van der Waals surface area (Å²) in [4.78, 5) is 25.2. The highest BCUT2D eigenvalue weighted by atomic mass is 16.7. The predicted molar refractivity (Wildman–Crippen MR) is 201 cm³/mol. The van der Waals surface area contributed by atoms with Crippen molar-refractivity contribution in [1.82, 2.24) is 0 Å². The Kier molecular flexibility index (Phi) is 30.7. The van der Waals surface area contributed by atoms with Crippen LogP contribution in [0.4, 0.5) is 0 Å². The quantitative estimate of drug-likeness (QED) is 0.0291. The van der Waals surface area contributed by atoms with Crippen LogP contribution in [-0.4, -0.2) is 89.0 Å². The van der Waals surface area contributed by atoms with E-state index in [0.29, 0.717) is 6.42 Å². The van der Waals surface area contributed by atoms with E-state index in [-0.39, 0.29) is 32.0 Å². The molecule has 0 radical (unpaired) electrons. The first kappa shape index (κ1) is 47.5. The molecule has 6 atom stereocenters. The van der Waals surface area contributed by atoms with Crippen molar-refractivity contribution in [1.29, 1.82) is 0 Å². The monoisotopic (exact) mass is 729 g/mol. The number of carbonyl (C=O) groups excluding carboxylic acids is 2. The van der Waals surface area contributed by atoms with Crippen LogP contribution in [0, 0.1) is 0 Å². The summed E-state index contributed by atoms with van der Waals surface area (Å²) in [5, 5.41) is 39.9. The lowest BCUT2D eigenvalue weighted by Crippen LogP contribution is -2.59. The topological polar surface area (TPSA) is 152 Å². The number of hydrogen-bond donors (Lipinski definition) is 4. The van der Waals surface area contributed by atoms with Gasteiger partial charge in [-0.25, -0.2) is 0 Å². The van der Waals surface area contributed by atoms with Gasteiger partial charge in [0, 0.05) is 12.8 Å². The van der Waals surface area contributed by atoms with Crippen LogP contribution >= 0.6 is 0 Å². The number of rotatable bonds is 34. The van der Waals surface area contributed by atoms with E-state index in [1.165, 1.54) is 83.5 Å². The van der Waals surface area contributed by atoms with Crippen LogP contribution in [0.3, 0.4) is 0 Å². The van der Waals surface area contributed by atoms with E-state index in [9.17, 15) is 30.0 Å². The molecule has 2 unspecified atom stereocenters. The van der Waals surface area contributed by atoms with E-state index >= 15 is 0 Å². The van der Waals surface area contributed by atoms with Crippen LogP contribution in [0.5, 0.6) is 0 Å². The number of unbranched alkanes of at least 4 members (excludes halogenated alkanes) is 21. The third kappa shape index (κ3) is 25.2. The fourth-order valence-electron chi connectivity index (χ4n) is 6.30. The van der Waals surface area contributed by atoms with E-state index in [0.717, 1.165) is 64.2 Å². The minimum Gasteiger partial charge on any atom is -0.462 e. The molecule has 51 heavy (non-hydrogen) atoms. The van der Waals surface area contributed by atoms with Gasteiger partial charge in [-0.05, 0) is 38.5 Å². The minimum absolute atomic E-state index is 0.217. The average Bonchev–Trinajstić information content (AvgIpc) is 3.13. The Labute approximate surface area is 310 Å². The zero-order valence-electron chi connectivity index (χ0n) is 32.4. The van der Waals surface area contributed by atoms with Gasteiger partial charge in [-0.15, -0.1) is 0 Å². The number of carbonyl (C=O) groups is 2. The summed E-state index contributed by atoms with van der Waals surface area (Å²) in [6.07, 6.45) is 25.0. The van der Waals surface area contributed by atoms with Crippen molar-refractivity contribution in [3.8, 4) is 0 Å². The first-order valence-electron chi connectivity index (χ1n) is 20.8. The molecule has 0 spiro atoms. The van der Waals surface area contributed by atoms with Crippen LogP contribution in [0.1, 0.15) is 181 Å². The van der Waals surface area contributed by atoms with Gasteiger partial charge in [0.25, 0.3) is 0 Å². The number of hydrogen-bond acceptors (Lipinski definition) is 10. The van der Waals surface area contributed by atoms with Gasteiger partial charge >= 0.3 is 11.9 Å². The van der Waals surface area contributed by atoms with Gasteiger partial charge in [0.15, 0.2) is 12.4 Å². The van der Waals surface area contributed by atoms with Crippen molar-refractivity contribution in [2.45, 2.75) is 218 Å². The fraction of sp³-hybridized carbons (Fsp3) is 0.902. The Balaban J connectivity index is 2.37. The van der Waals surface area contributed by atoms with Gasteiger partial charge in [0.2, 0.25) is 0 Å². The van der Waals surface area contributed by atoms with Gasteiger partial charge in [-0.1, -0.05) is 142 Å². The molecule has 4 N–H and O–H groups in total. The summed E-state index contributed by atoms with van der Waals surface area (Å²) in [5.41, 5.74) is 0. The molecule has 0 aromatic heterocycles. The zero-order valence-corrected chi connectivity index (χ0v) is 32.4. The van der Waals surface area contributed by atoms with Crippen LogP contribution in [0.2, 0.25) is 0 Å². The van der Waals surface area contributed by atoms with Gasteiger partial charge in [-0.2, -0.15) is 0 Å². The first-order valence-corrected chi connectivity index (χ1v) is 20.8. The lowest BCUT2D eigenvalue weighted by molar-refractivity contribution is -0.305. The van der Waals surface area contributed by atoms with E-state index in [1.54, 1.807) is 0 Å². The highest BCUT2D eigenvalue weighted by Crippen LogP contribution is 2.22. The zero-order chi connectivity index (χ0) is 37.4. The Bertz CT molecular complexity index is 850. The number of ether oxygens (including phenoxy) is 4. The second kappa shape index (κ2) is 33.0. The molecule has 1 fully saturated rings. The van der Waals surface area contributed by atoms with E-state index < -0.39 is 49.4 Å². The summed E-state index contributed by atoms with van der Waals surface area (Å²) >= 11 is 0. The summed E-state index contributed by atoms with van der Waals surface area (Å²) < 4.78 is 22.1. The first-order chi connectivity index (χ1) is 24.8. The van der Waals surface area contributed by atoms with Crippen molar-refractivity contribution in [2.24, 2.45) is 0 Å². The summed E-state index contributed by atoms with van der Waals surface area (Å²) in [6.45, 7) is 3.39. The normalized spacial score (nSPS) is 21.3. The SMILES string of the molecule is CCCCC/C=C/CCCCCCCC(=O)OC[C@H](CO[C@@H]1O[C@H](CO)[C@H](O)C(O)C1O)OC(=O)CCCCCCCCCCCCCCCC. The van der Waals surface area contributed by atoms with Crippen LogP contribution in [0.25, 0.3) is 0 Å². The molecule has 1 aliphatic heterocycles. The Morgan fingerprint density at radius 3 is 1.57 bits per heavy atom. The summed E-state index contributed by atoms with van der Waals surface area (Å²) in [5.74, 6) is -0.811. The smallest absolute Gasteiger partial charge is 0.306 e. The molecule has 1 saturated heterocycles. The van der Waals surface area contributed by atoms with Gasteiger partial charge in [-0.3, -0.25) is 9.59 Å². The van der Waals surface area contributed by atoms with Crippen molar-refractivity contribution in [2.75, 3.05) is 19.8 Å². The van der Waals surface area contributed by atoms with Crippen molar-refractivity contribution in [3.05, 3.63) is 12.2 Å². The molecule has 10 nitrogen and oxygen atoms in total. The third-order valence-electron chi connectivity index (χ3n) is 9.65. The standard InChI is InChI=1S/C41H76O10/c1-3-5-7-9-11-13-15-17-18-20-22-24-26-28-30-37(44)50-34(33-49-41-40(47)39(46)38(45)35(31-42)51-41)32-48-36(43)29-27-25-23-21-19-16-14-12-10-8-6-4-2/h12,14,34-35,38-42,45-47H,3-11,13,15-33H2,1-2H3/b14-12+/t34-,35-,38+,39?,40?,41-/m1/s1. The van der Waals surface area contributed by atoms with Gasteiger partial charge < -0.3 is 39.4 Å². The average molecular weight is 729 g/mol. The lowest BCUT2D eigenvalue weighted by atomic mass is 9.99. The number of esters is 2. The molecule has 0 amide bonds. The molecule has 1 rings (SSSR count). The fourth-order valence-corrected chi connectivity index (χ4v) is 6.30. The number of aliphatic hydroxyl groups excluding tert-OH is 4. The summed E-state index contributed by atoms with van der Waals surface area (Å²) in [7, 11) is 0. The van der Waals surface area contributed by atoms with Crippen molar-refractivity contribution >= 4 is 11.9 Å². The highest BCUT2D eigenvalue weighted by Gasteiger charge is 2.44. The largest absolute Gasteiger partial charge is 0.462 e. The second-order valence-corrected chi connectivity index (χ2v) is 14.4. The molecule has 0 aromatic carbocycles. The maximum absolute atomic E-state index is 12.7. The molecule has 0 aromatic rings. The molecule has 0 saturated carbocycles. The van der Waals surface area contributed by atoms with E-state index in [2.05, 4.69) is 26.0 Å². The van der Waals surface area contributed by atoms with Crippen LogP contribution < -0.4 is 0 Å². The van der Waals surface area contributed by atoms with Crippen molar-refractivity contribution in [3.63, 3.8) is 0 Å². The second-order valence-electron chi connectivity index (χ2n) is 14.4. The Morgan fingerprint density at radius 2 is 1.04 bits per heavy atom. The van der Waals surface area contributed by atoms with E-state index in [1.807, 2.05) is 0 Å².